The maximum atomic E-state index is 12.2. The van der Waals surface area contributed by atoms with Gasteiger partial charge in [-0.25, -0.2) is 8.42 Å². The third-order valence-corrected chi connectivity index (χ3v) is 5.30. The van der Waals surface area contributed by atoms with Gasteiger partial charge in [0.05, 0.1) is 5.75 Å². The number of nitrogens with one attached hydrogen (secondary N) is 1. The first-order valence-corrected chi connectivity index (χ1v) is 8.31. The summed E-state index contributed by atoms with van der Waals surface area (Å²) in [6.07, 6.45) is 4.40. The molecule has 0 aromatic rings. The van der Waals surface area contributed by atoms with Crippen molar-refractivity contribution in [2.45, 2.75) is 58.5 Å². The largest absolute Gasteiger partial charge is 0.313 e. The molecule has 102 valence electrons. The second-order valence-electron chi connectivity index (χ2n) is 5.07. The van der Waals surface area contributed by atoms with E-state index in [9.17, 15) is 8.42 Å². The van der Waals surface area contributed by atoms with Crippen molar-refractivity contribution in [3.8, 4) is 0 Å². The van der Waals surface area contributed by atoms with Gasteiger partial charge in [-0.2, -0.15) is 4.31 Å². The molecule has 0 bridgehead atoms. The third-order valence-electron chi connectivity index (χ3n) is 3.31. The monoisotopic (exact) mass is 262 g/mol. The summed E-state index contributed by atoms with van der Waals surface area (Å²) in [4.78, 5) is 0. The summed E-state index contributed by atoms with van der Waals surface area (Å²) in [5, 5.41) is 3.17. The summed E-state index contributed by atoms with van der Waals surface area (Å²) in [6, 6.07) is 0.593. The van der Waals surface area contributed by atoms with Gasteiger partial charge in [0, 0.05) is 25.2 Å². The Morgan fingerprint density at radius 1 is 1.29 bits per heavy atom. The van der Waals surface area contributed by atoms with Crippen molar-refractivity contribution in [1.29, 1.82) is 0 Å². The molecule has 17 heavy (non-hydrogen) atoms. The van der Waals surface area contributed by atoms with Gasteiger partial charge in [0.15, 0.2) is 0 Å². The van der Waals surface area contributed by atoms with E-state index in [2.05, 4.69) is 5.32 Å². The highest BCUT2D eigenvalue weighted by molar-refractivity contribution is 7.89. The maximum absolute atomic E-state index is 12.2. The molecule has 0 spiro atoms. The van der Waals surface area contributed by atoms with Gasteiger partial charge in [-0.15, -0.1) is 0 Å². The van der Waals surface area contributed by atoms with Crippen molar-refractivity contribution in [2.75, 3.05) is 18.8 Å². The molecule has 5 heteroatoms. The Hall–Kier alpha value is -0.130. The molecule has 1 saturated carbocycles. The lowest BCUT2D eigenvalue weighted by molar-refractivity contribution is 0.335. The molecule has 0 radical (unpaired) electrons. The lowest BCUT2D eigenvalue weighted by atomic mass is 10.2. The van der Waals surface area contributed by atoms with Crippen LogP contribution in [0, 0.1) is 0 Å². The standard InChI is InChI=1S/C12H26N2O2S/c1-4-14(12-7-5-6-8-12)17(15,16)10-9-13-11(2)3/h11-13H,4-10H2,1-3H3. The molecule has 0 unspecified atom stereocenters. The van der Waals surface area contributed by atoms with Crippen molar-refractivity contribution in [3.05, 3.63) is 0 Å². The molecule has 1 rings (SSSR count). The molecule has 1 fully saturated rings. The summed E-state index contributed by atoms with van der Waals surface area (Å²) >= 11 is 0. The maximum Gasteiger partial charge on any atom is 0.215 e. The summed E-state index contributed by atoms with van der Waals surface area (Å²) in [5.74, 6) is 0.218. The second kappa shape index (κ2) is 6.71. The number of hydrogen-bond donors (Lipinski definition) is 1. The summed E-state index contributed by atoms with van der Waals surface area (Å²) < 4.78 is 26.1. The van der Waals surface area contributed by atoms with Crippen LogP contribution in [-0.4, -0.2) is 43.6 Å². The SMILES string of the molecule is CCN(C1CCCC1)S(=O)(=O)CCNC(C)C. The zero-order chi connectivity index (χ0) is 12.9. The highest BCUT2D eigenvalue weighted by Gasteiger charge is 2.30. The van der Waals surface area contributed by atoms with Crippen molar-refractivity contribution < 1.29 is 8.42 Å². The number of sulfonamides is 1. The molecule has 0 atom stereocenters. The smallest absolute Gasteiger partial charge is 0.215 e. The van der Waals surface area contributed by atoms with Crippen LogP contribution < -0.4 is 5.32 Å². The van der Waals surface area contributed by atoms with E-state index in [1.54, 1.807) is 4.31 Å². The van der Waals surface area contributed by atoms with Crippen LogP contribution in [0.4, 0.5) is 0 Å². The average molecular weight is 262 g/mol. The molecule has 0 saturated heterocycles. The van der Waals surface area contributed by atoms with E-state index < -0.39 is 10.0 Å². The Kier molecular flexibility index (Phi) is 5.89. The lowest BCUT2D eigenvalue weighted by Gasteiger charge is -2.26. The molecule has 4 nitrogen and oxygen atoms in total. The molecule has 1 aliphatic carbocycles. The van der Waals surface area contributed by atoms with Gasteiger partial charge in [0.25, 0.3) is 0 Å². The van der Waals surface area contributed by atoms with Crippen molar-refractivity contribution in [2.24, 2.45) is 0 Å². The number of hydrogen-bond acceptors (Lipinski definition) is 3. The zero-order valence-electron chi connectivity index (χ0n) is 11.3. The van der Waals surface area contributed by atoms with Gasteiger partial charge in [-0.3, -0.25) is 0 Å². The molecule has 0 amide bonds. The predicted octanol–water partition coefficient (Wildman–Crippen LogP) is 1.58. The first-order chi connectivity index (χ1) is 7.97. The fraction of sp³-hybridized carbons (Fsp3) is 1.00. The molecule has 1 N–H and O–H groups in total. The highest BCUT2D eigenvalue weighted by atomic mass is 32.2. The fourth-order valence-corrected chi connectivity index (χ4v) is 4.14. The van der Waals surface area contributed by atoms with Gasteiger partial charge in [0.2, 0.25) is 10.0 Å². The van der Waals surface area contributed by atoms with Crippen LogP contribution >= 0.6 is 0 Å². The van der Waals surface area contributed by atoms with E-state index in [0.29, 0.717) is 19.1 Å². The van der Waals surface area contributed by atoms with Gasteiger partial charge < -0.3 is 5.32 Å². The Morgan fingerprint density at radius 3 is 2.35 bits per heavy atom. The van der Waals surface area contributed by atoms with Gasteiger partial charge in [0.1, 0.15) is 0 Å². The van der Waals surface area contributed by atoms with Crippen LogP contribution in [0.1, 0.15) is 46.5 Å². The van der Waals surface area contributed by atoms with Gasteiger partial charge in [-0.05, 0) is 12.8 Å². The third kappa shape index (κ3) is 4.56. The van der Waals surface area contributed by atoms with E-state index in [1.165, 1.54) is 12.8 Å². The molecule has 0 aliphatic heterocycles. The number of rotatable bonds is 7. The zero-order valence-corrected chi connectivity index (χ0v) is 12.1. The number of nitrogens with zero attached hydrogens (tertiary/aromatic N) is 1. The van der Waals surface area contributed by atoms with Crippen LogP contribution in [-0.2, 0) is 10.0 Å². The molecule has 0 aromatic heterocycles. The normalized spacial score (nSPS) is 18.4. The van der Waals surface area contributed by atoms with E-state index in [1.807, 2.05) is 20.8 Å². The average Bonchev–Trinajstić information content (AvgIpc) is 2.70. The van der Waals surface area contributed by atoms with Crippen LogP contribution in [0.2, 0.25) is 0 Å². The fourth-order valence-electron chi connectivity index (χ4n) is 2.47. The molecule has 1 aliphatic rings. The minimum absolute atomic E-state index is 0.218. The van der Waals surface area contributed by atoms with E-state index in [-0.39, 0.29) is 11.8 Å². The quantitative estimate of drug-likeness (QED) is 0.758. The first-order valence-electron chi connectivity index (χ1n) is 6.70. The highest BCUT2D eigenvalue weighted by Crippen LogP contribution is 2.25. The van der Waals surface area contributed by atoms with Crippen molar-refractivity contribution in [3.63, 3.8) is 0 Å². The molecular formula is C12H26N2O2S. The minimum atomic E-state index is -3.08. The second-order valence-corrected chi connectivity index (χ2v) is 7.11. The van der Waals surface area contributed by atoms with Crippen molar-refractivity contribution >= 4 is 10.0 Å². The Bertz CT molecular complexity index is 308. The Morgan fingerprint density at radius 2 is 1.88 bits per heavy atom. The Labute approximate surface area is 106 Å². The van der Waals surface area contributed by atoms with Gasteiger partial charge in [-0.1, -0.05) is 33.6 Å². The molecule has 0 aromatic carbocycles. The van der Waals surface area contributed by atoms with Crippen LogP contribution in [0.3, 0.4) is 0 Å². The van der Waals surface area contributed by atoms with Crippen molar-refractivity contribution in [1.82, 2.24) is 9.62 Å². The predicted molar refractivity (Wildman–Crippen MR) is 71.6 cm³/mol. The summed E-state index contributed by atoms with van der Waals surface area (Å²) in [7, 11) is -3.08. The van der Waals surface area contributed by atoms with E-state index >= 15 is 0 Å². The van der Waals surface area contributed by atoms with Gasteiger partial charge >= 0.3 is 0 Å². The van der Waals surface area contributed by atoms with E-state index in [0.717, 1.165) is 12.8 Å². The minimum Gasteiger partial charge on any atom is -0.313 e. The van der Waals surface area contributed by atoms with Crippen LogP contribution in [0.15, 0.2) is 0 Å². The molecular weight excluding hydrogens is 236 g/mol. The summed E-state index contributed by atoms with van der Waals surface area (Å²) in [6.45, 7) is 7.14. The lowest BCUT2D eigenvalue weighted by Crippen LogP contribution is -2.42. The van der Waals surface area contributed by atoms with E-state index in [4.69, 9.17) is 0 Å². The first kappa shape index (κ1) is 14.9. The topological polar surface area (TPSA) is 49.4 Å². The van der Waals surface area contributed by atoms with Crippen LogP contribution in [0.5, 0.6) is 0 Å². The van der Waals surface area contributed by atoms with Crippen LogP contribution in [0.25, 0.3) is 0 Å². The molecule has 0 heterocycles. The Balaban J connectivity index is 2.53. The summed E-state index contributed by atoms with van der Waals surface area (Å²) in [5.41, 5.74) is 0.